The van der Waals surface area contributed by atoms with Gasteiger partial charge in [0.2, 0.25) is 5.83 Å². The Morgan fingerprint density at radius 3 is 2.52 bits per heavy atom. The lowest BCUT2D eigenvalue weighted by atomic mass is 10.0. The molecule has 1 heterocycles. The fourth-order valence-corrected chi connectivity index (χ4v) is 2.98. The molecule has 0 saturated carbocycles. The minimum absolute atomic E-state index is 0.161. The van der Waals surface area contributed by atoms with Crippen molar-refractivity contribution in [2.45, 2.75) is 47.6 Å². The van der Waals surface area contributed by atoms with Crippen LogP contribution in [0.25, 0.3) is 16.5 Å². The number of carbonyl (C=O) groups is 1. The lowest BCUT2D eigenvalue weighted by molar-refractivity contribution is -0.140. The number of hydrogen-bond donors (Lipinski definition) is 0. The Balaban J connectivity index is 2.59. The van der Waals surface area contributed by atoms with E-state index in [9.17, 15) is 9.18 Å². The second-order valence-electron chi connectivity index (χ2n) is 6.07. The summed E-state index contributed by atoms with van der Waals surface area (Å²) in [7, 11) is 0. The number of benzene rings is 1. The van der Waals surface area contributed by atoms with Crippen molar-refractivity contribution in [1.29, 1.82) is 0 Å². The van der Waals surface area contributed by atoms with Crippen molar-refractivity contribution >= 4 is 22.4 Å². The molecule has 0 bridgehead atoms. The Hall–Kier alpha value is -2.10. The monoisotopic (exact) mass is 317 g/mol. The highest BCUT2D eigenvalue weighted by atomic mass is 19.1. The van der Waals surface area contributed by atoms with Gasteiger partial charge in [0.25, 0.3) is 0 Å². The minimum Gasteiger partial charge on any atom is -0.461 e. The van der Waals surface area contributed by atoms with Crippen LogP contribution in [-0.4, -0.2) is 17.1 Å². The van der Waals surface area contributed by atoms with E-state index in [4.69, 9.17) is 4.74 Å². The van der Waals surface area contributed by atoms with Gasteiger partial charge in [-0.1, -0.05) is 6.07 Å². The molecule has 0 spiro atoms. The number of nitrogens with zero attached hydrogens (tertiary/aromatic N) is 1. The zero-order chi connectivity index (χ0) is 17.3. The molecule has 0 aliphatic carbocycles. The van der Waals surface area contributed by atoms with E-state index in [0.717, 1.165) is 10.9 Å². The van der Waals surface area contributed by atoms with E-state index >= 15 is 0 Å². The maximum atomic E-state index is 14.2. The number of hydrogen-bond acceptors (Lipinski definition) is 2. The van der Waals surface area contributed by atoms with E-state index in [1.165, 1.54) is 11.3 Å². The molecule has 1 aromatic heterocycles. The molecule has 23 heavy (non-hydrogen) atoms. The molecule has 0 amide bonds. The number of aromatic nitrogens is 1. The van der Waals surface area contributed by atoms with Crippen molar-refractivity contribution in [3.63, 3.8) is 0 Å². The second kappa shape index (κ2) is 6.57. The Labute approximate surface area is 136 Å². The fraction of sp³-hybridized carbons (Fsp3) is 0.421. The summed E-state index contributed by atoms with van der Waals surface area (Å²) in [6.07, 6.45) is 0. The number of ether oxygens (including phenoxy) is 1. The first-order valence-corrected chi connectivity index (χ1v) is 7.94. The lowest BCUT2D eigenvalue weighted by Gasteiger charge is -2.12. The molecular weight excluding hydrogens is 293 g/mol. The molecule has 3 nitrogen and oxygen atoms in total. The maximum Gasteiger partial charge on any atom is 0.367 e. The highest BCUT2D eigenvalue weighted by molar-refractivity contribution is 5.96. The van der Waals surface area contributed by atoms with Gasteiger partial charge in [0.05, 0.1) is 6.61 Å². The third-order valence-electron chi connectivity index (χ3n) is 4.30. The van der Waals surface area contributed by atoms with Gasteiger partial charge in [-0.3, -0.25) is 0 Å². The smallest absolute Gasteiger partial charge is 0.367 e. The summed E-state index contributed by atoms with van der Waals surface area (Å²) in [5.74, 6) is -1.73. The molecule has 0 saturated heterocycles. The Kier molecular flexibility index (Phi) is 4.93. The molecule has 4 heteroatoms. The van der Waals surface area contributed by atoms with Crippen LogP contribution in [0, 0.1) is 13.8 Å². The molecule has 0 atom stereocenters. The standard InChI is InChI=1S/C19H24FNO2/c1-7-23-19(22)18(20)13(5)15-8-9-17-16(10-15)12(4)14(6)21(17)11(2)3/h8-11H,7H2,1-6H3/b18-13+. The molecule has 2 aromatic rings. The van der Waals surface area contributed by atoms with Gasteiger partial charge in [-0.2, -0.15) is 4.39 Å². The van der Waals surface area contributed by atoms with Crippen LogP contribution < -0.4 is 0 Å². The number of rotatable bonds is 4. The summed E-state index contributed by atoms with van der Waals surface area (Å²) < 4.78 is 21.2. The topological polar surface area (TPSA) is 31.2 Å². The van der Waals surface area contributed by atoms with E-state index in [1.54, 1.807) is 13.8 Å². The zero-order valence-electron chi connectivity index (χ0n) is 14.7. The number of fused-ring (bicyclic) bond motifs is 1. The minimum atomic E-state index is -0.905. The van der Waals surface area contributed by atoms with E-state index in [-0.39, 0.29) is 6.61 Å². The van der Waals surface area contributed by atoms with Crippen molar-refractivity contribution in [3.05, 3.63) is 40.8 Å². The molecule has 0 unspecified atom stereocenters. The summed E-state index contributed by atoms with van der Waals surface area (Å²) in [6.45, 7) is 11.9. The van der Waals surface area contributed by atoms with Crippen LogP contribution in [0.4, 0.5) is 4.39 Å². The Morgan fingerprint density at radius 2 is 1.96 bits per heavy atom. The van der Waals surface area contributed by atoms with Crippen molar-refractivity contribution in [3.8, 4) is 0 Å². The molecular formula is C19H24FNO2. The zero-order valence-corrected chi connectivity index (χ0v) is 14.7. The molecule has 0 radical (unpaired) electrons. The first-order chi connectivity index (χ1) is 10.8. The van der Waals surface area contributed by atoms with Gasteiger partial charge in [0.15, 0.2) is 0 Å². The van der Waals surface area contributed by atoms with Crippen LogP contribution in [0.15, 0.2) is 24.0 Å². The summed E-state index contributed by atoms with van der Waals surface area (Å²) >= 11 is 0. The van der Waals surface area contributed by atoms with Gasteiger partial charge < -0.3 is 9.30 Å². The van der Waals surface area contributed by atoms with Crippen molar-refractivity contribution < 1.29 is 13.9 Å². The van der Waals surface area contributed by atoms with Crippen LogP contribution in [0.1, 0.15) is 50.6 Å². The molecule has 1 aromatic carbocycles. The quantitative estimate of drug-likeness (QED) is 0.580. The molecule has 0 aliphatic heterocycles. The predicted octanol–water partition coefficient (Wildman–Crippen LogP) is 5.10. The number of allylic oxidation sites excluding steroid dienone is 1. The number of esters is 1. The largest absolute Gasteiger partial charge is 0.461 e. The summed E-state index contributed by atoms with van der Waals surface area (Å²) in [4.78, 5) is 11.6. The number of halogens is 1. The normalized spacial score (nSPS) is 12.7. The third kappa shape index (κ3) is 3.03. The SMILES string of the molecule is CCOC(=O)/C(F)=C(/C)c1ccc2c(c1)c(C)c(C)n2C(C)C. The highest BCUT2D eigenvalue weighted by Crippen LogP contribution is 2.31. The van der Waals surface area contributed by atoms with E-state index < -0.39 is 11.8 Å². The number of aryl methyl sites for hydroxylation is 1. The predicted molar refractivity (Wildman–Crippen MR) is 92.1 cm³/mol. The second-order valence-corrected chi connectivity index (χ2v) is 6.07. The highest BCUT2D eigenvalue weighted by Gasteiger charge is 2.17. The molecule has 124 valence electrons. The maximum absolute atomic E-state index is 14.2. The Morgan fingerprint density at radius 1 is 1.30 bits per heavy atom. The summed E-state index contributed by atoms with van der Waals surface area (Å²) in [6, 6.07) is 6.15. The van der Waals surface area contributed by atoms with E-state index in [2.05, 4.69) is 32.3 Å². The molecule has 2 rings (SSSR count). The van der Waals surface area contributed by atoms with E-state index in [1.807, 2.05) is 18.2 Å². The van der Waals surface area contributed by atoms with Crippen LogP contribution in [0.5, 0.6) is 0 Å². The molecule has 0 fully saturated rings. The summed E-state index contributed by atoms with van der Waals surface area (Å²) in [5.41, 5.74) is 4.52. The van der Waals surface area contributed by atoms with Crippen molar-refractivity contribution in [2.75, 3.05) is 6.61 Å². The van der Waals surface area contributed by atoms with Gasteiger partial charge in [-0.15, -0.1) is 0 Å². The third-order valence-corrected chi connectivity index (χ3v) is 4.30. The fourth-order valence-electron chi connectivity index (χ4n) is 2.98. The first-order valence-electron chi connectivity index (χ1n) is 7.94. The van der Waals surface area contributed by atoms with Crippen LogP contribution >= 0.6 is 0 Å². The van der Waals surface area contributed by atoms with Gasteiger partial charge in [0.1, 0.15) is 0 Å². The lowest BCUT2D eigenvalue weighted by Crippen LogP contribution is -2.06. The van der Waals surface area contributed by atoms with E-state index in [0.29, 0.717) is 17.2 Å². The molecule has 0 aliphatic rings. The van der Waals surface area contributed by atoms with Gasteiger partial charge in [-0.05, 0) is 70.4 Å². The molecule has 0 N–H and O–H groups in total. The summed E-state index contributed by atoms with van der Waals surface area (Å²) in [5, 5.41) is 1.09. The van der Waals surface area contributed by atoms with Crippen molar-refractivity contribution in [2.24, 2.45) is 0 Å². The van der Waals surface area contributed by atoms with Crippen LogP contribution in [0.2, 0.25) is 0 Å². The van der Waals surface area contributed by atoms with Gasteiger partial charge in [0, 0.05) is 22.6 Å². The average molecular weight is 317 g/mol. The van der Waals surface area contributed by atoms with Crippen LogP contribution in [0.3, 0.4) is 0 Å². The average Bonchev–Trinajstić information content (AvgIpc) is 2.77. The Bertz CT molecular complexity index is 784. The number of carbonyl (C=O) groups excluding carboxylic acids is 1. The van der Waals surface area contributed by atoms with Gasteiger partial charge >= 0.3 is 5.97 Å². The van der Waals surface area contributed by atoms with Crippen LogP contribution in [-0.2, 0) is 9.53 Å². The van der Waals surface area contributed by atoms with Gasteiger partial charge in [-0.25, -0.2) is 4.79 Å². The first kappa shape index (κ1) is 17.3. The van der Waals surface area contributed by atoms with Crippen molar-refractivity contribution in [1.82, 2.24) is 4.57 Å².